The predicted molar refractivity (Wildman–Crippen MR) is 43.7 cm³/mol. The first-order valence-electron chi connectivity index (χ1n) is 4.08. The number of hydrogen-bond acceptors (Lipinski definition) is 2. The van der Waals surface area contributed by atoms with Gasteiger partial charge < -0.3 is 9.47 Å². The van der Waals surface area contributed by atoms with E-state index in [1.807, 2.05) is 12.2 Å². The molecule has 2 nitrogen and oxygen atoms in total. The third-order valence-electron chi connectivity index (χ3n) is 2.16. The molecule has 0 saturated carbocycles. The molecule has 1 aliphatic heterocycles. The molecule has 0 aromatic rings. The molecule has 0 bridgehead atoms. The summed E-state index contributed by atoms with van der Waals surface area (Å²) in [6, 6.07) is 0. The first kappa shape index (κ1) is 6.12. The van der Waals surface area contributed by atoms with E-state index in [2.05, 4.69) is 12.2 Å². The van der Waals surface area contributed by atoms with Crippen molar-refractivity contribution >= 4 is 0 Å². The highest BCUT2D eigenvalue weighted by molar-refractivity contribution is 5.37. The molecular formula is C10H8O2. The highest BCUT2D eigenvalue weighted by Gasteiger charge is 2.24. The van der Waals surface area contributed by atoms with E-state index < -0.39 is 0 Å². The number of rotatable bonds is 0. The topological polar surface area (TPSA) is 18.5 Å². The van der Waals surface area contributed by atoms with Crippen LogP contribution in [0.3, 0.4) is 0 Å². The maximum atomic E-state index is 5.64. The van der Waals surface area contributed by atoms with Crippen LogP contribution in [0.15, 0.2) is 47.3 Å². The van der Waals surface area contributed by atoms with Crippen LogP contribution in [0.1, 0.15) is 12.8 Å². The first-order valence-corrected chi connectivity index (χ1v) is 4.08. The van der Waals surface area contributed by atoms with Crippen molar-refractivity contribution in [3.63, 3.8) is 0 Å². The summed E-state index contributed by atoms with van der Waals surface area (Å²) < 4.78 is 11.2. The highest BCUT2D eigenvalue weighted by Crippen LogP contribution is 2.35. The molecule has 0 saturated heterocycles. The Hall–Kier alpha value is -1.44. The van der Waals surface area contributed by atoms with Gasteiger partial charge in [0.15, 0.2) is 11.5 Å². The number of ether oxygens (including phenoxy) is 2. The molecule has 0 spiro atoms. The Morgan fingerprint density at radius 2 is 1.42 bits per heavy atom. The average Bonchev–Trinajstić information content (AvgIpc) is 2.64. The second kappa shape index (κ2) is 2.03. The van der Waals surface area contributed by atoms with Crippen molar-refractivity contribution in [1.29, 1.82) is 0 Å². The van der Waals surface area contributed by atoms with E-state index >= 15 is 0 Å². The van der Waals surface area contributed by atoms with Crippen molar-refractivity contribution in [2.75, 3.05) is 0 Å². The Morgan fingerprint density at radius 3 is 2.00 bits per heavy atom. The van der Waals surface area contributed by atoms with E-state index in [1.165, 1.54) is 0 Å². The van der Waals surface area contributed by atoms with Crippen LogP contribution in [0.25, 0.3) is 0 Å². The van der Waals surface area contributed by atoms with Crippen LogP contribution in [0, 0.1) is 0 Å². The maximum absolute atomic E-state index is 5.64. The van der Waals surface area contributed by atoms with Crippen molar-refractivity contribution in [2.45, 2.75) is 12.8 Å². The monoisotopic (exact) mass is 160 g/mol. The molecule has 0 N–H and O–H groups in total. The molecule has 0 amide bonds. The molecule has 1 heterocycles. The van der Waals surface area contributed by atoms with Gasteiger partial charge in [0.25, 0.3) is 0 Å². The summed E-state index contributed by atoms with van der Waals surface area (Å²) in [6.07, 6.45) is 9.77. The normalized spacial score (nSPS) is 24.0. The van der Waals surface area contributed by atoms with E-state index in [0.717, 1.165) is 35.9 Å². The van der Waals surface area contributed by atoms with Gasteiger partial charge in [-0.1, -0.05) is 12.2 Å². The van der Waals surface area contributed by atoms with Gasteiger partial charge in [0.05, 0.1) is 0 Å². The largest absolute Gasteiger partial charge is 0.458 e. The zero-order chi connectivity index (χ0) is 7.97. The molecule has 0 unspecified atom stereocenters. The van der Waals surface area contributed by atoms with Crippen LogP contribution < -0.4 is 0 Å². The Morgan fingerprint density at radius 1 is 0.833 bits per heavy atom. The molecule has 2 aliphatic carbocycles. The molecule has 3 rings (SSSR count). The standard InChI is InChI=1S/C10H8O2/c1-3-7-8(4-1)12-10-6-2-5-9(10)11-7/h1-3,5H,4,6H2. The molecule has 0 fully saturated rings. The second-order valence-corrected chi connectivity index (χ2v) is 2.99. The summed E-state index contributed by atoms with van der Waals surface area (Å²) >= 11 is 0. The van der Waals surface area contributed by atoms with Gasteiger partial charge in [-0.05, 0) is 12.2 Å². The van der Waals surface area contributed by atoms with Crippen molar-refractivity contribution in [3.8, 4) is 0 Å². The molecule has 12 heavy (non-hydrogen) atoms. The fourth-order valence-electron chi connectivity index (χ4n) is 1.57. The van der Waals surface area contributed by atoms with Crippen molar-refractivity contribution < 1.29 is 9.47 Å². The first-order chi connectivity index (χ1) is 5.93. The fraction of sp³-hybridized carbons (Fsp3) is 0.200. The van der Waals surface area contributed by atoms with Crippen LogP contribution in [-0.2, 0) is 9.47 Å². The van der Waals surface area contributed by atoms with Gasteiger partial charge in [-0.15, -0.1) is 0 Å². The summed E-state index contributed by atoms with van der Waals surface area (Å²) in [4.78, 5) is 0. The minimum Gasteiger partial charge on any atom is -0.458 e. The molecule has 60 valence electrons. The summed E-state index contributed by atoms with van der Waals surface area (Å²) in [5.74, 6) is 3.66. The Bertz CT molecular complexity index is 322. The molecule has 0 aromatic carbocycles. The third-order valence-corrected chi connectivity index (χ3v) is 2.16. The predicted octanol–water partition coefficient (Wildman–Crippen LogP) is 2.38. The molecule has 0 aromatic heterocycles. The van der Waals surface area contributed by atoms with Gasteiger partial charge >= 0.3 is 0 Å². The fourth-order valence-corrected chi connectivity index (χ4v) is 1.57. The van der Waals surface area contributed by atoms with Gasteiger partial charge in [-0.3, -0.25) is 0 Å². The van der Waals surface area contributed by atoms with E-state index in [4.69, 9.17) is 9.47 Å². The lowest BCUT2D eigenvalue weighted by molar-refractivity contribution is 0.191. The van der Waals surface area contributed by atoms with Gasteiger partial charge in [-0.2, -0.15) is 0 Å². The lowest BCUT2D eigenvalue weighted by atomic mass is 10.3. The van der Waals surface area contributed by atoms with E-state index in [0.29, 0.717) is 0 Å². The second-order valence-electron chi connectivity index (χ2n) is 2.99. The van der Waals surface area contributed by atoms with Crippen LogP contribution >= 0.6 is 0 Å². The SMILES string of the molecule is C1=CC2=C(C1)OC1=C(C=CC1)O2. The van der Waals surface area contributed by atoms with E-state index in [-0.39, 0.29) is 0 Å². The van der Waals surface area contributed by atoms with Gasteiger partial charge in [0, 0.05) is 12.8 Å². The van der Waals surface area contributed by atoms with Crippen molar-refractivity contribution in [3.05, 3.63) is 47.3 Å². The van der Waals surface area contributed by atoms with Crippen LogP contribution in [-0.4, -0.2) is 0 Å². The Labute approximate surface area is 70.5 Å². The molecule has 0 atom stereocenters. The van der Waals surface area contributed by atoms with Gasteiger partial charge in [0.1, 0.15) is 11.5 Å². The Kier molecular flexibility index (Phi) is 1.04. The minimum absolute atomic E-state index is 0.867. The minimum atomic E-state index is 0.867. The van der Waals surface area contributed by atoms with Crippen LogP contribution in [0.2, 0.25) is 0 Å². The summed E-state index contributed by atoms with van der Waals surface area (Å²) in [5, 5.41) is 0. The van der Waals surface area contributed by atoms with E-state index in [1.54, 1.807) is 0 Å². The molecule has 3 aliphatic rings. The van der Waals surface area contributed by atoms with Gasteiger partial charge in [-0.25, -0.2) is 0 Å². The third kappa shape index (κ3) is 0.694. The summed E-state index contributed by atoms with van der Waals surface area (Å²) in [5.41, 5.74) is 0. The molecule has 0 radical (unpaired) electrons. The summed E-state index contributed by atoms with van der Waals surface area (Å²) in [7, 11) is 0. The van der Waals surface area contributed by atoms with E-state index in [9.17, 15) is 0 Å². The zero-order valence-electron chi connectivity index (χ0n) is 6.54. The lowest BCUT2D eigenvalue weighted by Crippen LogP contribution is -2.03. The van der Waals surface area contributed by atoms with Crippen LogP contribution in [0.5, 0.6) is 0 Å². The van der Waals surface area contributed by atoms with Crippen molar-refractivity contribution in [2.24, 2.45) is 0 Å². The van der Waals surface area contributed by atoms with Gasteiger partial charge in [0.2, 0.25) is 0 Å². The maximum Gasteiger partial charge on any atom is 0.165 e. The lowest BCUT2D eigenvalue weighted by Gasteiger charge is -2.17. The Balaban J connectivity index is 1.97. The molecular weight excluding hydrogens is 152 g/mol. The number of hydrogen-bond donors (Lipinski definition) is 0. The smallest absolute Gasteiger partial charge is 0.165 e. The average molecular weight is 160 g/mol. The molecule has 2 heteroatoms. The van der Waals surface area contributed by atoms with Crippen molar-refractivity contribution in [1.82, 2.24) is 0 Å². The highest BCUT2D eigenvalue weighted by atomic mass is 16.6. The number of allylic oxidation sites excluding steroid dienone is 4. The summed E-state index contributed by atoms with van der Waals surface area (Å²) in [6.45, 7) is 0. The zero-order valence-corrected chi connectivity index (χ0v) is 6.54. The van der Waals surface area contributed by atoms with Crippen LogP contribution in [0.4, 0.5) is 0 Å². The quantitative estimate of drug-likeness (QED) is 0.541.